The molecular formula is C12H18N4O. The van der Waals surface area contributed by atoms with Crippen LogP contribution in [0.1, 0.15) is 24.9 Å². The average Bonchev–Trinajstić information content (AvgIpc) is 2.54. The summed E-state index contributed by atoms with van der Waals surface area (Å²) >= 11 is 0. The molecule has 1 amide bonds. The molecule has 2 heterocycles. The lowest BCUT2D eigenvalue weighted by Gasteiger charge is -2.24. The van der Waals surface area contributed by atoms with Gasteiger partial charge in [0.15, 0.2) is 0 Å². The van der Waals surface area contributed by atoms with Gasteiger partial charge < -0.3 is 16.0 Å². The van der Waals surface area contributed by atoms with Crippen molar-refractivity contribution in [2.45, 2.75) is 19.4 Å². The number of amides is 1. The molecule has 5 nitrogen and oxygen atoms in total. The number of nitrogens with zero attached hydrogens (tertiary/aromatic N) is 2. The van der Waals surface area contributed by atoms with Crippen molar-refractivity contribution in [3.63, 3.8) is 0 Å². The van der Waals surface area contributed by atoms with Crippen molar-refractivity contribution < 1.29 is 4.79 Å². The van der Waals surface area contributed by atoms with E-state index < -0.39 is 0 Å². The molecule has 0 saturated carbocycles. The number of nitrogens with two attached hydrogens (primary N) is 1. The van der Waals surface area contributed by atoms with Crippen LogP contribution in [-0.4, -0.2) is 30.5 Å². The third kappa shape index (κ3) is 2.74. The molecule has 1 fully saturated rings. The molecule has 1 aromatic heterocycles. The summed E-state index contributed by atoms with van der Waals surface area (Å²) in [5.41, 5.74) is 6.97. The monoisotopic (exact) mass is 234 g/mol. The van der Waals surface area contributed by atoms with Gasteiger partial charge >= 0.3 is 0 Å². The molecule has 92 valence electrons. The molecule has 0 spiro atoms. The summed E-state index contributed by atoms with van der Waals surface area (Å²) in [5.74, 6) is 1.00. The maximum atomic E-state index is 11.3. The summed E-state index contributed by atoms with van der Waals surface area (Å²) < 4.78 is 0. The van der Waals surface area contributed by atoms with Gasteiger partial charge in [-0.15, -0.1) is 0 Å². The lowest BCUT2D eigenvalue weighted by molar-refractivity contribution is -0.120. The van der Waals surface area contributed by atoms with Crippen LogP contribution in [0, 0.1) is 0 Å². The van der Waals surface area contributed by atoms with Crippen molar-refractivity contribution >= 4 is 11.7 Å². The van der Waals surface area contributed by atoms with Crippen molar-refractivity contribution in [1.82, 2.24) is 10.3 Å². The molecule has 1 atom stereocenters. The van der Waals surface area contributed by atoms with Crippen molar-refractivity contribution in [3.8, 4) is 0 Å². The molecule has 1 aromatic rings. The number of rotatable bonds is 2. The Morgan fingerprint density at radius 3 is 3.12 bits per heavy atom. The number of pyridine rings is 1. The molecule has 1 aliphatic heterocycles. The highest BCUT2D eigenvalue weighted by Gasteiger charge is 2.18. The first-order valence-corrected chi connectivity index (χ1v) is 5.90. The van der Waals surface area contributed by atoms with Gasteiger partial charge in [-0.3, -0.25) is 4.79 Å². The zero-order valence-corrected chi connectivity index (χ0v) is 10.0. The summed E-state index contributed by atoms with van der Waals surface area (Å²) in [6.45, 7) is 4.08. The van der Waals surface area contributed by atoms with Crippen LogP contribution in [0.2, 0.25) is 0 Å². The van der Waals surface area contributed by atoms with Crippen LogP contribution in [0.25, 0.3) is 0 Å². The van der Waals surface area contributed by atoms with Crippen molar-refractivity contribution in [2.75, 3.05) is 24.5 Å². The number of carbonyl (C=O) groups excluding carboxylic acids is 1. The lowest BCUT2D eigenvalue weighted by Crippen LogP contribution is -2.30. The van der Waals surface area contributed by atoms with E-state index in [4.69, 9.17) is 5.73 Å². The topological polar surface area (TPSA) is 71.2 Å². The number of hydrogen-bond donors (Lipinski definition) is 2. The van der Waals surface area contributed by atoms with Crippen LogP contribution in [0.5, 0.6) is 0 Å². The quantitative estimate of drug-likeness (QED) is 0.778. The highest BCUT2D eigenvalue weighted by molar-refractivity contribution is 5.77. The van der Waals surface area contributed by atoms with E-state index in [1.807, 2.05) is 19.1 Å². The summed E-state index contributed by atoms with van der Waals surface area (Å²) in [7, 11) is 0. The number of nitrogens with one attached hydrogen (secondary N) is 1. The van der Waals surface area contributed by atoms with E-state index in [1.54, 1.807) is 6.20 Å². The van der Waals surface area contributed by atoms with Crippen LogP contribution in [0.15, 0.2) is 18.3 Å². The van der Waals surface area contributed by atoms with Crippen molar-refractivity contribution in [2.24, 2.45) is 5.73 Å². The van der Waals surface area contributed by atoms with Crippen molar-refractivity contribution in [3.05, 3.63) is 23.9 Å². The zero-order valence-electron chi connectivity index (χ0n) is 10.0. The van der Waals surface area contributed by atoms with Crippen LogP contribution >= 0.6 is 0 Å². The van der Waals surface area contributed by atoms with Gasteiger partial charge in [-0.05, 0) is 13.0 Å². The Morgan fingerprint density at radius 1 is 1.53 bits per heavy atom. The van der Waals surface area contributed by atoms with Gasteiger partial charge in [0, 0.05) is 43.9 Å². The molecule has 1 saturated heterocycles. The largest absolute Gasteiger partial charge is 0.354 e. The first kappa shape index (κ1) is 11.9. The number of carbonyl (C=O) groups is 1. The zero-order chi connectivity index (χ0) is 12.3. The second kappa shape index (κ2) is 5.14. The fraction of sp³-hybridized carbons (Fsp3) is 0.500. The first-order chi connectivity index (χ1) is 8.18. The molecular weight excluding hydrogens is 216 g/mol. The second-order valence-corrected chi connectivity index (χ2v) is 4.29. The minimum atomic E-state index is -0.0504. The van der Waals surface area contributed by atoms with Gasteiger partial charge in [0.25, 0.3) is 0 Å². The SMILES string of the molecule is C[C@@H](N)c1cccnc1N1CCNC(=O)CC1. The molecule has 2 rings (SSSR count). The van der Waals surface area contributed by atoms with E-state index in [2.05, 4.69) is 15.2 Å². The van der Waals surface area contributed by atoms with Crippen LogP contribution in [0.3, 0.4) is 0 Å². The summed E-state index contributed by atoms with van der Waals surface area (Å²) in [6, 6.07) is 3.84. The highest BCUT2D eigenvalue weighted by Crippen LogP contribution is 2.22. The first-order valence-electron chi connectivity index (χ1n) is 5.90. The Hall–Kier alpha value is -1.62. The number of hydrogen-bond acceptors (Lipinski definition) is 4. The maximum Gasteiger partial charge on any atom is 0.221 e. The lowest BCUT2D eigenvalue weighted by atomic mass is 10.1. The van der Waals surface area contributed by atoms with E-state index in [0.29, 0.717) is 19.5 Å². The van der Waals surface area contributed by atoms with Gasteiger partial charge in [-0.2, -0.15) is 0 Å². The Kier molecular flexibility index (Phi) is 3.58. The van der Waals surface area contributed by atoms with E-state index in [0.717, 1.165) is 17.9 Å². The number of anilines is 1. The van der Waals surface area contributed by atoms with E-state index in [1.165, 1.54) is 0 Å². The molecule has 0 aliphatic carbocycles. The van der Waals surface area contributed by atoms with Crippen molar-refractivity contribution in [1.29, 1.82) is 0 Å². The Bertz CT molecular complexity index is 405. The van der Waals surface area contributed by atoms with Gasteiger partial charge in [-0.1, -0.05) is 6.07 Å². The molecule has 0 radical (unpaired) electrons. The average molecular weight is 234 g/mol. The maximum absolute atomic E-state index is 11.3. The fourth-order valence-corrected chi connectivity index (χ4v) is 2.01. The van der Waals surface area contributed by atoms with Gasteiger partial charge in [-0.25, -0.2) is 4.98 Å². The third-order valence-corrected chi connectivity index (χ3v) is 2.92. The Labute approximate surface area is 101 Å². The van der Waals surface area contributed by atoms with Crippen LogP contribution in [0.4, 0.5) is 5.82 Å². The summed E-state index contributed by atoms with van der Waals surface area (Å²) in [6.07, 6.45) is 2.27. The summed E-state index contributed by atoms with van der Waals surface area (Å²) in [4.78, 5) is 17.8. The highest BCUT2D eigenvalue weighted by atomic mass is 16.1. The smallest absolute Gasteiger partial charge is 0.221 e. The second-order valence-electron chi connectivity index (χ2n) is 4.29. The summed E-state index contributed by atoms with van der Waals surface area (Å²) in [5, 5.41) is 2.85. The number of aromatic nitrogens is 1. The molecule has 0 aromatic carbocycles. The normalized spacial score (nSPS) is 18.5. The molecule has 1 aliphatic rings. The minimum Gasteiger partial charge on any atom is -0.354 e. The minimum absolute atomic E-state index is 0.0504. The van der Waals surface area contributed by atoms with Crippen LogP contribution < -0.4 is 16.0 Å². The molecule has 17 heavy (non-hydrogen) atoms. The van der Waals surface area contributed by atoms with Gasteiger partial charge in [0.1, 0.15) is 5.82 Å². The Morgan fingerprint density at radius 2 is 2.35 bits per heavy atom. The van der Waals surface area contributed by atoms with E-state index in [9.17, 15) is 4.79 Å². The van der Waals surface area contributed by atoms with Gasteiger partial charge in [0.05, 0.1) is 0 Å². The molecule has 5 heteroatoms. The molecule has 3 N–H and O–H groups in total. The van der Waals surface area contributed by atoms with E-state index >= 15 is 0 Å². The predicted molar refractivity (Wildman–Crippen MR) is 66.7 cm³/mol. The molecule has 0 unspecified atom stereocenters. The standard InChI is InChI=1S/C12H18N4O/c1-9(13)10-3-2-5-15-12(10)16-7-4-11(17)14-6-8-16/h2-3,5,9H,4,6-8,13H2,1H3,(H,14,17)/t9-/m1/s1. The Balaban J connectivity index is 2.23. The van der Waals surface area contributed by atoms with Gasteiger partial charge in [0.2, 0.25) is 5.91 Å². The van der Waals surface area contributed by atoms with Crippen LogP contribution in [-0.2, 0) is 4.79 Å². The predicted octanol–water partition coefficient (Wildman–Crippen LogP) is 0.428. The van der Waals surface area contributed by atoms with E-state index in [-0.39, 0.29) is 11.9 Å². The third-order valence-electron chi connectivity index (χ3n) is 2.92. The fourth-order valence-electron chi connectivity index (χ4n) is 2.01. The molecule has 0 bridgehead atoms.